The van der Waals surface area contributed by atoms with Gasteiger partial charge in [-0.1, -0.05) is 6.07 Å². The Bertz CT molecular complexity index is 528. The number of ether oxygens (including phenoxy) is 2. The number of carbonyl (C=O) groups is 2. The molecule has 0 heterocycles. The largest absolute Gasteiger partial charge is 0.465 e. The van der Waals surface area contributed by atoms with Crippen molar-refractivity contribution in [1.82, 2.24) is 0 Å². The third kappa shape index (κ3) is 3.27. The molecule has 0 aliphatic rings. The summed E-state index contributed by atoms with van der Waals surface area (Å²) in [5, 5.41) is 0. The predicted molar refractivity (Wildman–Crippen MR) is 62.1 cm³/mol. The number of nitrogens with two attached hydrogens (primary N) is 1. The predicted octanol–water partition coefficient (Wildman–Crippen LogP) is 1.82. The van der Waals surface area contributed by atoms with E-state index in [1.807, 2.05) is 0 Å². The van der Waals surface area contributed by atoms with Crippen molar-refractivity contribution in [3.05, 3.63) is 34.9 Å². The first kappa shape index (κ1) is 16.0. The van der Waals surface area contributed by atoms with Gasteiger partial charge in [-0.2, -0.15) is 13.2 Å². The molecule has 0 fully saturated rings. The Kier molecular flexibility index (Phi) is 4.72. The Morgan fingerprint density at radius 2 is 1.60 bits per heavy atom. The monoisotopic (exact) mass is 291 g/mol. The number of hydrogen-bond donors (Lipinski definition) is 1. The molecule has 0 bridgehead atoms. The van der Waals surface area contributed by atoms with Crippen LogP contribution < -0.4 is 5.73 Å². The Balaban J connectivity index is 3.35. The Morgan fingerprint density at radius 1 is 1.10 bits per heavy atom. The molecule has 20 heavy (non-hydrogen) atoms. The van der Waals surface area contributed by atoms with Crippen LogP contribution in [-0.4, -0.2) is 32.3 Å². The Hall–Kier alpha value is -2.09. The normalized spacial score (nSPS) is 12.7. The number of alkyl halides is 3. The van der Waals surface area contributed by atoms with Gasteiger partial charge in [0, 0.05) is 0 Å². The second-order valence-corrected chi connectivity index (χ2v) is 3.81. The molecule has 5 nitrogen and oxygen atoms in total. The van der Waals surface area contributed by atoms with Crippen molar-refractivity contribution in [2.45, 2.75) is 12.2 Å². The topological polar surface area (TPSA) is 78.6 Å². The van der Waals surface area contributed by atoms with E-state index in [2.05, 4.69) is 9.47 Å². The minimum Gasteiger partial charge on any atom is -0.465 e. The summed E-state index contributed by atoms with van der Waals surface area (Å²) < 4.78 is 46.5. The summed E-state index contributed by atoms with van der Waals surface area (Å²) in [6.45, 7) is 0. The van der Waals surface area contributed by atoms with Crippen molar-refractivity contribution >= 4 is 11.9 Å². The summed E-state index contributed by atoms with van der Waals surface area (Å²) in [7, 11) is 2.12. The highest BCUT2D eigenvalue weighted by Crippen LogP contribution is 2.31. The van der Waals surface area contributed by atoms with Gasteiger partial charge in [0.25, 0.3) is 0 Å². The lowest BCUT2D eigenvalue weighted by atomic mass is 9.99. The fourth-order valence-electron chi connectivity index (χ4n) is 1.51. The molecular weight excluding hydrogens is 279 g/mol. The number of carbonyl (C=O) groups excluding carboxylic acids is 2. The van der Waals surface area contributed by atoms with Crippen molar-refractivity contribution in [3.8, 4) is 0 Å². The van der Waals surface area contributed by atoms with Gasteiger partial charge in [-0.3, -0.25) is 0 Å². The Labute approximate surface area is 112 Å². The molecule has 0 radical (unpaired) electrons. The van der Waals surface area contributed by atoms with Gasteiger partial charge in [0.05, 0.1) is 25.3 Å². The molecule has 0 saturated carbocycles. The van der Waals surface area contributed by atoms with Crippen LogP contribution in [0, 0.1) is 0 Å². The van der Waals surface area contributed by atoms with Crippen LogP contribution in [-0.2, 0) is 9.47 Å². The zero-order chi connectivity index (χ0) is 15.5. The van der Waals surface area contributed by atoms with E-state index in [1.165, 1.54) is 0 Å². The zero-order valence-electron chi connectivity index (χ0n) is 10.7. The van der Waals surface area contributed by atoms with E-state index < -0.39 is 24.2 Å². The number of methoxy groups -OCH3 is 2. The third-order valence-corrected chi connectivity index (χ3v) is 2.57. The molecule has 2 N–H and O–H groups in total. The molecule has 110 valence electrons. The molecule has 8 heteroatoms. The van der Waals surface area contributed by atoms with Crippen LogP contribution in [0.2, 0.25) is 0 Å². The van der Waals surface area contributed by atoms with Gasteiger partial charge in [0.15, 0.2) is 0 Å². The Morgan fingerprint density at radius 3 is 2.05 bits per heavy atom. The number of benzene rings is 1. The highest BCUT2D eigenvalue weighted by molar-refractivity contribution is 6.03. The van der Waals surface area contributed by atoms with E-state index in [0.29, 0.717) is 0 Å². The van der Waals surface area contributed by atoms with Crippen molar-refractivity contribution in [1.29, 1.82) is 0 Å². The summed E-state index contributed by atoms with van der Waals surface area (Å²) in [6.07, 6.45) is -4.67. The van der Waals surface area contributed by atoms with Crippen LogP contribution in [0.25, 0.3) is 0 Å². The van der Waals surface area contributed by atoms with Crippen molar-refractivity contribution in [2.24, 2.45) is 5.73 Å². The molecule has 1 aromatic rings. The minimum absolute atomic E-state index is 0.197. The first-order chi connectivity index (χ1) is 9.22. The second-order valence-electron chi connectivity index (χ2n) is 3.81. The number of esters is 2. The first-order valence-electron chi connectivity index (χ1n) is 5.35. The molecular formula is C12H12F3NO4. The van der Waals surface area contributed by atoms with Gasteiger partial charge in [-0.05, 0) is 17.7 Å². The summed E-state index contributed by atoms with van der Waals surface area (Å²) in [5.41, 5.74) is 4.16. The van der Waals surface area contributed by atoms with E-state index in [0.717, 1.165) is 32.4 Å². The molecule has 0 spiro atoms. The average molecular weight is 291 g/mol. The number of halogens is 3. The molecule has 0 amide bonds. The van der Waals surface area contributed by atoms with Crippen molar-refractivity contribution in [3.63, 3.8) is 0 Å². The van der Waals surface area contributed by atoms with Crippen molar-refractivity contribution < 1.29 is 32.2 Å². The van der Waals surface area contributed by atoms with Gasteiger partial charge in [-0.15, -0.1) is 0 Å². The van der Waals surface area contributed by atoms with E-state index in [4.69, 9.17) is 5.73 Å². The summed E-state index contributed by atoms with van der Waals surface area (Å²) in [6, 6.07) is 0.657. The lowest BCUT2D eigenvalue weighted by Gasteiger charge is -2.17. The summed E-state index contributed by atoms with van der Waals surface area (Å²) >= 11 is 0. The number of hydrogen-bond acceptors (Lipinski definition) is 5. The fraction of sp³-hybridized carbons (Fsp3) is 0.333. The first-order valence-corrected chi connectivity index (χ1v) is 5.35. The zero-order valence-corrected chi connectivity index (χ0v) is 10.7. The van der Waals surface area contributed by atoms with E-state index in [9.17, 15) is 22.8 Å². The molecule has 0 saturated heterocycles. The van der Waals surface area contributed by atoms with Gasteiger partial charge in [0.2, 0.25) is 0 Å². The van der Waals surface area contributed by atoms with Crippen LogP contribution in [0.3, 0.4) is 0 Å². The van der Waals surface area contributed by atoms with Crippen LogP contribution in [0.5, 0.6) is 0 Å². The average Bonchev–Trinajstić information content (AvgIpc) is 2.43. The molecule has 0 aliphatic carbocycles. The fourth-order valence-corrected chi connectivity index (χ4v) is 1.51. The molecule has 1 rings (SSSR count). The van der Waals surface area contributed by atoms with Gasteiger partial charge in [0.1, 0.15) is 6.04 Å². The SMILES string of the molecule is COC(=O)c1ccc([C@H](N)C(F)(F)F)cc1C(=O)OC. The van der Waals surface area contributed by atoms with Gasteiger partial charge in [-0.25, -0.2) is 9.59 Å². The lowest BCUT2D eigenvalue weighted by Crippen LogP contribution is -2.29. The maximum Gasteiger partial charge on any atom is 0.407 e. The quantitative estimate of drug-likeness (QED) is 0.859. The van der Waals surface area contributed by atoms with E-state index >= 15 is 0 Å². The highest BCUT2D eigenvalue weighted by Gasteiger charge is 2.38. The smallest absolute Gasteiger partial charge is 0.407 e. The number of rotatable bonds is 3. The third-order valence-electron chi connectivity index (χ3n) is 2.57. The van der Waals surface area contributed by atoms with Crippen LogP contribution >= 0.6 is 0 Å². The van der Waals surface area contributed by atoms with E-state index in [1.54, 1.807) is 0 Å². The highest BCUT2D eigenvalue weighted by atomic mass is 19.4. The summed E-state index contributed by atoms with van der Waals surface area (Å²) in [4.78, 5) is 23.0. The van der Waals surface area contributed by atoms with Crippen LogP contribution in [0.1, 0.15) is 32.3 Å². The maximum absolute atomic E-state index is 12.5. The standard InChI is InChI=1S/C12H12F3NO4/c1-19-10(17)7-4-3-6(9(16)12(13,14)15)5-8(7)11(18)20-2/h3-5,9H,16H2,1-2H3/t9-/m0/s1. The molecule has 1 atom stereocenters. The van der Waals surface area contributed by atoms with Crippen LogP contribution in [0.15, 0.2) is 18.2 Å². The summed E-state index contributed by atoms with van der Waals surface area (Å²) in [5.74, 6) is -1.82. The lowest BCUT2D eigenvalue weighted by molar-refractivity contribution is -0.149. The maximum atomic E-state index is 12.5. The molecule has 0 unspecified atom stereocenters. The second kappa shape index (κ2) is 5.91. The van der Waals surface area contributed by atoms with Crippen LogP contribution in [0.4, 0.5) is 13.2 Å². The minimum atomic E-state index is -4.67. The van der Waals surface area contributed by atoms with Crippen molar-refractivity contribution in [2.75, 3.05) is 14.2 Å². The molecule has 0 aliphatic heterocycles. The molecule has 0 aromatic heterocycles. The molecule has 1 aromatic carbocycles. The van der Waals surface area contributed by atoms with Gasteiger partial charge >= 0.3 is 18.1 Å². The van der Waals surface area contributed by atoms with E-state index in [-0.39, 0.29) is 16.7 Å². The van der Waals surface area contributed by atoms with Gasteiger partial charge < -0.3 is 15.2 Å².